The number of aromatic nitrogens is 1. The van der Waals surface area contributed by atoms with Crippen molar-refractivity contribution in [2.45, 2.75) is 34.3 Å². The highest BCUT2D eigenvalue weighted by Gasteiger charge is 2.23. The van der Waals surface area contributed by atoms with Crippen molar-refractivity contribution in [2.75, 3.05) is 0 Å². The lowest BCUT2D eigenvalue weighted by molar-refractivity contribution is -0.154. The van der Waals surface area contributed by atoms with Crippen LogP contribution in [-0.4, -0.2) is 11.0 Å². The second-order valence-electron chi connectivity index (χ2n) is 6.04. The van der Waals surface area contributed by atoms with Gasteiger partial charge in [-0.2, -0.15) is 0 Å². The zero-order valence-electron chi connectivity index (χ0n) is 12.2. The van der Waals surface area contributed by atoms with E-state index in [4.69, 9.17) is 4.74 Å². The van der Waals surface area contributed by atoms with Crippen molar-refractivity contribution in [3.8, 4) is 0 Å². The molecular formula is C16H19NO3. The van der Waals surface area contributed by atoms with Crippen molar-refractivity contribution in [3.63, 3.8) is 0 Å². The van der Waals surface area contributed by atoms with Crippen LogP contribution in [0.2, 0.25) is 0 Å². The molecule has 0 saturated heterocycles. The van der Waals surface area contributed by atoms with Crippen LogP contribution in [0.25, 0.3) is 10.9 Å². The number of rotatable bonds is 2. The molecule has 0 aliphatic carbocycles. The van der Waals surface area contributed by atoms with Gasteiger partial charge in [-0.15, -0.1) is 0 Å². The molecule has 0 aliphatic rings. The number of pyridine rings is 1. The van der Waals surface area contributed by atoms with Crippen LogP contribution >= 0.6 is 0 Å². The van der Waals surface area contributed by atoms with Crippen molar-refractivity contribution in [2.24, 2.45) is 5.41 Å². The minimum absolute atomic E-state index is 0.00464. The molecule has 0 amide bonds. The molecule has 2 aromatic rings. The van der Waals surface area contributed by atoms with Crippen LogP contribution in [0.15, 0.2) is 29.1 Å². The van der Waals surface area contributed by atoms with Gasteiger partial charge in [-0.25, -0.2) is 0 Å². The van der Waals surface area contributed by atoms with E-state index in [0.29, 0.717) is 5.56 Å². The number of carbonyl (C=O) groups excluding carboxylic acids is 1. The quantitative estimate of drug-likeness (QED) is 0.856. The number of H-pyrrole nitrogens is 1. The molecule has 0 unspecified atom stereocenters. The normalized spacial score (nSPS) is 11.6. The lowest BCUT2D eigenvalue weighted by atomic mass is 9.97. The van der Waals surface area contributed by atoms with Crippen LogP contribution in [0.3, 0.4) is 0 Å². The number of hydrogen-bond acceptors (Lipinski definition) is 3. The van der Waals surface area contributed by atoms with E-state index in [1.807, 2.05) is 25.1 Å². The minimum Gasteiger partial charge on any atom is -0.460 e. The summed E-state index contributed by atoms with van der Waals surface area (Å²) in [5.41, 5.74) is 1.57. The van der Waals surface area contributed by atoms with Crippen LogP contribution in [0.1, 0.15) is 31.9 Å². The Hall–Kier alpha value is -2.10. The first-order chi connectivity index (χ1) is 9.27. The van der Waals surface area contributed by atoms with Gasteiger partial charge >= 0.3 is 5.97 Å². The van der Waals surface area contributed by atoms with Crippen LogP contribution in [-0.2, 0) is 16.1 Å². The van der Waals surface area contributed by atoms with Crippen LogP contribution < -0.4 is 5.56 Å². The molecule has 0 aliphatic heterocycles. The predicted octanol–water partition coefficient (Wildman–Crippen LogP) is 2.93. The van der Waals surface area contributed by atoms with E-state index in [-0.39, 0.29) is 18.1 Å². The Labute approximate surface area is 117 Å². The second kappa shape index (κ2) is 5.12. The van der Waals surface area contributed by atoms with Gasteiger partial charge in [0, 0.05) is 5.52 Å². The molecule has 1 aromatic carbocycles. The number of aromatic amines is 1. The van der Waals surface area contributed by atoms with Crippen LogP contribution in [0.5, 0.6) is 0 Å². The number of hydrogen-bond donors (Lipinski definition) is 1. The van der Waals surface area contributed by atoms with Gasteiger partial charge in [0.2, 0.25) is 0 Å². The molecule has 1 N–H and O–H groups in total. The van der Waals surface area contributed by atoms with Gasteiger partial charge in [-0.3, -0.25) is 9.59 Å². The van der Waals surface area contributed by atoms with Crippen molar-refractivity contribution in [1.82, 2.24) is 4.98 Å². The van der Waals surface area contributed by atoms with Crippen molar-refractivity contribution >= 4 is 16.9 Å². The third kappa shape index (κ3) is 3.07. The summed E-state index contributed by atoms with van der Waals surface area (Å²) in [6.45, 7) is 7.33. The first-order valence-corrected chi connectivity index (χ1v) is 6.57. The number of ether oxygens (including phenoxy) is 1. The maximum atomic E-state index is 11.9. The summed E-state index contributed by atoms with van der Waals surface area (Å²) in [6.07, 6.45) is 0. The van der Waals surface area contributed by atoms with Crippen molar-refractivity contribution in [1.29, 1.82) is 0 Å². The first kappa shape index (κ1) is 14.3. The van der Waals surface area contributed by atoms with E-state index < -0.39 is 5.41 Å². The Morgan fingerprint density at radius 1 is 1.25 bits per heavy atom. The number of carbonyl (C=O) groups is 1. The van der Waals surface area contributed by atoms with Gasteiger partial charge < -0.3 is 9.72 Å². The number of benzene rings is 1. The van der Waals surface area contributed by atoms with Crippen molar-refractivity contribution in [3.05, 3.63) is 45.7 Å². The largest absolute Gasteiger partial charge is 0.460 e. The molecule has 0 bridgehead atoms. The van der Waals surface area contributed by atoms with Gasteiger partial charge in [0.05, 0.1) is 11.0 Å². The summed E-state index contributed by atoms with van der Waals surface area (Å²) in [5, 5.41) is 0.936. The summed E-state index contributed by atoms with van der Waals surface area (Å²) >= 11 is 0. The molecule has 1 heterocycles. The molecule has 0 saturated carbocycles. The lowest BCUT2D eigenvalue weighted by Gasteiger charge is -2.16. The van der Waals surface area contributed by atoms with Gasteiger partial charge in [0.1, 0.15) is 6.61 Å². The molecule has 1 aromatic heterocycles. The average Bonchev–Trinajstić information content (AvgIpc) is 2.35. The zero-order chi connectivity index (χ0) is 14.9. The standard InChI is InChI=1S/C16H19NO3/c1-10-5-6-13-11(7-10)8-12(14(18)17-13)9-20-15(19)16(2,3)4/h5-8H,9H2,1-4H3,(H,17,18). The number of aryl methyl sites for hydroxylation is 1. The highest BCUT2D eigenvalue weighted by molar-refractivity contribution is 5.80. The molecule has 0 atom stereocenters. The molecule has 0 fully saturated rings. The van der Waals surface area contributed by atoms with E-state index in [9.17, 15) is 9.59 Å². The number of esters is 1. The van der Waals surface area contributed by atoms with E-state index in [1.165, 1.54) is 0 Å². The molecule has 0 radical (unpaired) electrons. The fourth-order valence-corrected chi connectivity index (χ4v) is 1.84. The van der Waals surface area contributed by atoms with Gasteiger partial charge in [0.25, 0.3) is 5.56 Å². The molecule has 0 spiro atoms. The summed E-state index contributed by atoms with van der Waals surface area (Å²) < 4.78 is 5.19. The summed E-state index contributed by atoms with van der Waals surface area (Å²) in [4.78, 5) is 26.5. The van der Waals surface area contributed by atoms with E-state index in [1.54, 1.807) is 26.8 Å². The van der Waals surface area contributed by atoms with Crippen molar-refractivity contribution < 1.29 is 9.53 Å². The number of fused-ring (bicyclic) bond motifs is 1. The molecular weight excluding hydrogens is 254 g/mol. The molecule has 20 heavy (non-hydrogen) atoms. The summed E-state index contributed by atoms with van der Waals surface area (Å²) in [5.74, 6) is -0.318. The number of nitrogens with one attached hydrogen (secondary N) is 1. The maximum Gasteiger partial charge on any atom is 0.311 e. The second-order valence-corrected chi connectivity index (χ2v) is 6.04. The Balaban J connectivity index is 2.28. The molecule has 4 nitrogen and oxygen atoms in total. The van der Waals surface area contributed by atoms with Gasteiger partial charge in [0.15, 0.2) is 0 Å². The van der Waals surface area contributed by atoms with Crippen LogP contribution in [0, 0.1) is 12.3 Å². The Morgan fingerprint density at radius 3 is 2.60 bits per heavy atom. The zero-order valence-corrected chi connectivity index (χ0v) is 12.2. The Bertz CT molecular complexity index is 708. The minimum atomic E-state index is -0.569. The Morgan fingerprint density at radius 2 is 1.95 bits per heavy atom. The highest BCUT2D eigenvalue weighted by atomic mass is 16.5. The van der Waals surface area contributed by atoms with Gasteiger partial charge in [-0.05, 0) is 51.3 Å². The summed E-state index contributed by atoms with van der Waals surface area (Å²) in [6, 6.07) is 7.58. The topological polar surface area (TPSA) is 59.2 Å². The monoisotopic (exact) mass is 273 g/mol. The predicted molar refractivity (Wildman–Crippen MR) is 78.6 cm³/mol. The van der Waals surface area contributed by atoms with Gasteiger partial charge in [-0.1, -0.05) is 11.6 Å². The Kier molecular flexibility index (Phi) is 3.66. The summed E-state index contributed by atoms with van der Waals surface area (Å²) in [7, 11) is 0. The fourth-order valence-electron chi connectivity index (χ4n) is 1.84. The van der Waals surface area contributed by atoms with E-state index in [2.05, 4.69) is 4.98 Å². The first-order valence-electron chi connectivity index (χ1n) is 6.57. The maximum absolute atomic E-state index is 11.9. The molecule has 2 rings (SSSR count). The third-order valence-corrected chi connectivity index (χ3v) is 3.05. The van der Waals surface area contributed by atoms with Crippen LogP contribution in [0.4, 0.5) is 0 Å². The third-order valence-electron chi connectivity index (χ3n) is 3.05. The highest BCUT2D eigenvalue weighted by Crippen LogP contribution is 2.17. The molecule has 106 valence electrons. The smallest absolute Gasteiger partial charge is 0.311 e. The fraction of sp³-hybridized carbons (Fsp3) is 0.375. The molecule has 4 heteroatoms. The van der Waals surface area contributed by atoms with E-state index >= 15 is 0 Å². The van der Waals surface area contributed by atoms with E-state index in [0.717, 1.165) is 16.5 Å². The average molecular weight is 273 g/mol. The lowest BCUT2D eigenvalue weighted by Crippen LogP contribution is -2.24. The SMILES string of the molecule is Cc1ccc2[nH]c(=O)c(COC(=O)C(C)(C)C)cc2c1.